The summed E-state index contributed by atoms with van der Waals surface area (Å²) in [6.07, 6.45) is 7.21. The van der Waals surface area contributed by atoms with Crippen LogP contribution in [0, 0.1) is 5.92 Å². The van der Waals surface area contributed by atoms with E-state index in [4.69, 9.17) is 9.47 Å². The Hall–Kier alpha value is -3.75. The van der Waals surface area contributed by atoms with Gasteiger partial charge in [0, 0.05) is 43.1 Å². The van der Waals surface area contributed by atoms with Gasteiger partial charge in [0.2, 0.25) is 5.82 Å². The number of nitrogens with one attached hydrogen (secondary N) is 1. The third-order valence-electron chi connectivity index (χ3n) is 5.76. The molecule has 184 valence electrons. The van der Waals surface area contributed by atoms with E-state index in [1.165, 1.54) is 12.4 Å². The summed E-state index contributed by atoms with van der Waals surface area (Å²) in [6.45, 7) is 7.56. The summed E-state index contributed by atoms with van der Waals surface area (Å²) in [5.74, 6) is 0.804. The Bertz CT molecular complexity index is 1170. The highest BCUT2D eigenvalue weighted by Gasteiger charge is 2.26. The molecule has 1 aliphatic rings. The van der Waals surface area contributed by atoms with Gasteiger partial charge in [0.25, 0.3) is 5.91 Å². The van der Waals surface area contributed by atoms with Crippen molar-refractivity contribution in [3.05, 3.63) is 54.7 Å². The number of nitrogens with zero attached hydrogens (tertiary/aromatic N) is 4. The molecule has 1 aromatic carbocycles. The van der Waals surface area contributed by atoms with Crippen LogP contribution in [0.1, 0.15) is 50.7 Å². The van der Waals surface area contributed by atoms with E-state index in [9.17, 15) is 9.59 Å². The standard InChI is InChI=1S/C26H31N5O4/c1-26(2,3)35-25(33)31-13-7-18(8-14-31)9-15-34-20-16-19-6-4-10-27-22(19)21(17-20)30-24(32)23-28-11-5-12-29-23/h4-6,10-12,16-18H,7-9,13-15H2,1-3H3,(H,30,32). The SMILES string of the molecule is CC(C)(C)OC(=O)N1CCC(CCOc2cc(NC(=O)c3ncccn3)c3ncccc3c2)CC1. The Morgan fingerprint density at radius 2 is 1.77 bits per heavy atom. The van der Waals surface area contributed by atoms with Gasteiger partial charge in [-0.2, -0.15) is 0 Å². The first-order valence-corrected chi connectivity index (χ1v) is 11.9. The van der Waals surface area contributed by atoms with Crippen LogP contribution in [0.15, 0.2) is 48.9 Å². The van der Waals surface area contributed by atoms with Crippen LogP contribution in [-0.2, 0) is 4.74 Å². The number of carbonyl (C=O) groups excluding carboxylic acids is 2. The fourth-order valence-corrected chi connectivity index (χ4v) is 4.01. The minimum atomic E-state index is -0.483. The number of hydrogen-bond acceptors (Lipinski definition) is 7. The zero-order valence-electron chi connectivity index (χ0n) is 20.4. The van der Waals surface area contributed by atoms with Gasteiger partial charge in [0.05, 0.1) is 17.8 Å². The highest BCUT2D eigenvalue weighted by molar-refractivity contribution is 6.06. The number of piperidine rings is 1. The Morgan fingerprint density at radius 3 is 2.49 bits per heavy atom. The van der Waals surface area contributed by atoms with Crippen molar-refractivity contribution in [2.45, 2.75) is 45.6 Å². The molecule has 2 aromatic heterocycles. The summed E-state index contributed by atoms with van der Waals surface area (Å²) < 4.78 is 11.5. The van der Waals surface area contributed by atoms with Gasteiger partial charge < -0.3 is 19.7 Å². The zero-order chi connectivity index (χ0) is 24.8. The first kappa shape index (κ1) is 24.4. The van der Waals surface area contributed by atoms with Gasteiger partial charge in [-0.05, 0) is 64.2 Å². The Morgan fingerprint density at radius 1 is 1.06 bits per heavy atom. The molecule has 0 unspecified atom stereocenters. The van der Waals surface area contributed by atoms with E-state index < -0.39 is 11.5 Å². The molecule has 1 fully saturated rings. The highest BCUT2D eigenvalue weighted by atomic mass is 16.6. The number of benzene rings is 1. The number of anilines is 1. The second-order valence-electron chi connectivity index (χ2n) is 9.62. The number of carbonyl (C=O) groups is 2. The molecule has 9 heteroatoms. The average molecular weight is 478 g/mol. The molecule has 1 aliphatic heterocycles. The van der Waals surface area contributed by atoms with Crippen LogP contribution in [0.25, 0.3) is 10.9 Å². The number of amides is 2. The van der Waals surface area contributed by atoms with Crippen molar-refractivity contribution in [1.82, 2.24) is 19.9 Å². The van der Waals surface area contributed by atoms with E-state index in [1.807, 2.05) is 39.0 Å². The van der Waals surface area contributed by atoms with Crippen LogP contribution >= 0.6 is 0 Å². The van der Waals surface area contributed by atoms with Gasteiger partial charge >= 0.3 is 6.09 Å². The lowest BCUT2D eigenvalue weighted by Gasteiger charge is -2.33. The van der Waals surface area contributed by atoms with Crippen LogP contribution in [0.5, 0.6) is 5.75 Å². The summed E-state index contributed by atoms with van der Waals surface area (Å²) in [7, 11) is 0. The summed E-state index contributed by atoms with van der Waals surface area (Å²) >= 11 is 0. The number of pyridine rings is 1. The molecule has 3 aromatic rings. The first-order chi connectivity index (χ1) is 16.8. The second-order valence-corrected chi connectivity index (χ2v) is 9.62. The molecule has 9 nitrogen and oxygen atoms in total. The predicted octanol–water partition coefficient (Wildman–Crippen LogP) is 4.69. The fourth-order valence-electron chi connectivity index (χ4n) is 4.01. The minimum absolute atomic E-state index is 0.0839. The third-order valence-corrected chi connectivity index (χ3v) is 5.76. The molecule has 1 saturated heterocycles. The van der Waals surface area contributed by atoms with E-state index >= 15 is 0 Å². The van der Waals surface area contributed by atoms with Crippen molar-refractivity contribution >= 4 is 28.6 Å². The molecule has 0 radical (unpaired) electrons. The average Bonchev–Trinajstić information content (AvgIpc) is 2.84. The molecule has 0 atom stereocenters. The molecular formula is C26H31N5O4. The van der Waals surface area contributed by atoms with Gasteiger partial charge in [0.15, 0.2) is 0 Å². The van der Waals surface area contributed by atoms with Gasteiger partial charge in [-0.3, -0.25) is 9.78 Å². The van der Waals surface area contributed by atoms with Gasteiger partial charge in [0.1, 0.15) is 11.4 Å². The molecule has 1 N–H and O–H groups in total. The van der Waals surface area contributed by atoms with Gasteiger partial charge in [-0.25, -0.2) is 14.8 Å². The summed E-state index contributed by atoms with van der Waals surface area (Å²) in [5.41, 5.74) is 0.726. The lowest BCUT2D eigenvalue weighted by atomic mass is 9.94. The number of hydrogen-bond donors (Lipinski definition) is 1. The Balaban J connectivity index is 1.34. The Kier molecular flexibility index (Phi) is 7.43. The van der Waals surface area contributed by atoms with Gasteiger partial charge in [-0.1, -0.05) is 6.07 Å². The molecule has 0 bridgehead atoms. The zero-order valence-corrected chi connectivity index (χ0v) is 20.4. The number of likely N-dealkylation sites (tertiary alicyclic amines) is 1. The van der Waals surface area contributed by atoms with Gasteiger partial charge in [-0.15, -0.1) is 0 Å². The van der Waals surface area contributed by atoms with Crippen molar-refractivity contribution < 1.29 is 19.1 Å². The molecule has 35 heavy (non-hydrogen) atoms. The van der Waals surface area contributed by atoms with Crippen molar-refractivity contribution in [3.8, 4) is 5.75 Å². The van der Waals surface area contributed by atoms with Crippen molar-refractivity contribution in [2.24, 2.45) is 5.92 Å². The second kappa shape index (κ2) is 10.7. The number of fused-ring (bicyclic) bond motifs is 1. The lowest BCUT2D eigenvalue weighted by molar-refractivity contribution is 0.0177. The van der Waals surface area contributed by atoms with Crippen molar-refractivity contribution in [3.63, 3.8) is 0 Å². The minimum Gasteiger partial charge on any atom is -0.493 e. The van der Waals surface area contributed by atoms with E-state index in [0.29, 0.717) is 42.6 Å². The van der Waals surface area contributed by atoms with Crippen LogP contribution in [0.3, 0.4) is 0 Å². The fraction of sp³-hybridized carbons (Fsp3) is 0.423. The smallest absolute Gasteiger partial charge is 0.410 e. The van der Waals surface area contributed by atoms with Crippen LogP contribution in [-0.4, -0.2) is 57.1 Å². The van der Waals surface area contributed by atoms with E-state index in [1.54, 1.807) is 23.2 Å². The third kappa shape index (κ3) is 6.65. The number of rotatable bonds is 6. The number of aromatic nitrogens is 3. The maximum atomic E-state index is 12.6. The topological polar surface area (TPSA) is 107 Å². The molecule has 4 rings (SSSR count). The van der Waals surface area contributed by atoms with Crippen LogP contribution in [0.4, 0.5) is 10.5 Å². The molecular weight excluding hydrogens is 446 g/mol. The monoisotopic (exact) mass is 477 g/mol. The molecule has 0 spiro atoms. The summed E-state index contributed by atoms with van der Waals surface area (Å²) in [4.78, 5) is 39.1. The summed E-state index contributed by atoms with van der Waals surface area (Å²) in [5, 5.41) is 3.72. The highest BCUT2D eigenvalue weighted by Crippen LogP contribution is 2.29. The van der Waals surface area contributed by atoms with Crippen LogP contribution in [0.2, 0.25) is 0 Å². The Labute approximate surface area is 204 Å². The van der Waals surface area contributed by atoms with E-state index in [2.05, 4.69) is 20.3 Å². The lowest BCUT2D eigenvalue weighted by Crippen LogP contribution is -2.41. The van der Waals surface area contributed by atoms with E-state index in [0.717, 1.165) is 24.6 Å². The summed E-state index contributed by atoms with van der Waals surface area (Å²) in [6, 6.07) is 9.12. The van der Waals surface area contributed by atoms with Crippen molar-refractivity contribution in [2.75, 3.05) is 25.0 Å². The maximum Gasteiger partial charge on any atom is 0.410 e. The largest absolute Gasteiger partial charge is 0.493 e. The molecule has 2 amide bonds. The maximum absolute atomic E-state index is 12.6. The van der Waals surface area contributed by atoms with Crippen LogP contribution < -0.4 is 10.1 Å². The first-order valence-electron chi connectivity index (χ1n) is 11.9. The number of ether oxygens (including phenoxy) is 2. The molecule has 3 heterocycles. The normalized spacial score (nSPS) is 14.5. The molecule has 0 saturated carbocycles. The predicted molar refractivity (Wildman–Crippen MR) is 132 cm³/mol. The van der Waals surface area contributed by atoms with Crippen molar-refractivity contribution in [1.29, 1.82) is 0 Å². The molecule has 0 aliphatic carbocycles. The van der Waals surface area contributed by atoms with E-state index in [-0.39, 0.29) is 11.9 Å². The quantitative estimate of drug-likeness (QED) is 0.549.